The van der Waals surface area contributed by atoms with Gasteiger partial charge in [-0.15, -0.1) is 0 Å². The van der Waals surface area contributed by atoms with Crippen LogP contribution in [0.1, 0.15) is 67.6 Å². The van der Waals surface area contributed by atoms with E-state index in [1.165, 1.54) is 0 Å². The lowest BCUT2D eigenvalue weighted by atomic mass is 9.67. The zero-order valence-corrected chi connectivity index (χ0v) is 21.1. The first-order valence-corrected chi connectivity index (χ1v) is 13.3. The molecule has 3 heterocycles. The second kappa shape index (κ2) is 9.02. The maximum atomic E-state index is 14.6. The van der Waals surface area contributed by atoms with Gasteiger partial charge in [0.2, 0.25) is 5.91 Å². The summed E-state index contributed by atoms with van der Waals surface area (Å²) >= 11 is 0. The summed E-state index contributed by atoms with van der Waals surface area (Å²) in [7, 11) is 0. The number of unbranched alkanes of at least 4 members (excludes halogenated alkanes) is 2. The summed E-state index contributed by atoms with van der Waals surface area (Å²) in [6.45, 7) is 4.44. The van der Waals surface area contributed by atoms with Gasteiger partial charge in [0.25, 0.3) is 0 Å². The van der Waals surface area contributed by atoms with Gasteiger partial charge in [-0.1, -0.05) is 81.3 Å². The van der Waals surface area contributed by atoms with E-state index in [0.29, 0.717) is 0 Å². The van der Waals surface area contributed by atoms with Crippen LogP contribution in [-0.2, 0) is 23.1 Å². The van der Waals surface area contributed by atoms with Crippen LogP contribution >= 0.6 is 0 Å². The topological polar surface area (TPSA) is 60.7 Å². The third-order valence-electron chi connectivity index (χ3n) is 7.80. The van der Waals surface area contributed by atoms with Crippen molar-refractivity contribution in [3.63, 3.8) is 0 Å². The first-order valence-electron chi connectivity index (χ1n) is 13.3. The van der Waals surface area contributed by atoms with Crippen LogP contribution in [0, 0.1) is 0 Å². The van der Waals surface area contributed by atoms with Gasteiger partial charge in [0.05, 0.1) is 0 Å². The molecule has 0 unspecified atom stereocenters. The molecular formula is C32H33N3O. The standard InChI is InChI=1S/C32H33N3O/c1-3-5-16-27-29(21-13-7-10-18-24(21)33-27)32(23-15-9-12-20-26(23)35-31(32)36)30-22-14-8-11-19-25(22)34-28(30)17-6-4-2/h7-15,18-20,33-34H,3-6,16-17H2,1-2H3,(H,35,36). The summed E-state index contributed by atoms with van der Waals surface area (Å²) in [4.78, 5) is 22.0. The maximum absolute atomic E-state index is 14.6. The molecule has 0 bridgehead atoms. The summed E-state index contributed by atoms with van der Waals surface area (Å²) in [5.74, 6) is 0.0358. The molecule has 0 saturated heterocycles. The Morgan fingerprint density at radius 2 is 1.17 bits per heavy atom. The van der Waals surface area contributed by atoms with Crippen molar-refractivity contribution in [2.24, 2.45) is 0 Å². The van der Waals surface area contributed by atoms with Gasteiger partial charge in [-0.2, -0.15) is 0 Å². The smallest absolute Gasteiger partial charge is 0.244 e. The SMILES string of the molecule is CCCCc1[nH]c2ccccc2c1C1(c2c(CCCC)[nH]c3ccccc23)C(=O)Nc2ccccc21. The lowest BCUT2D eigenvalue weighted by molar-refractivity contribution is -0.118. The number of anilines is 1. The third kappa shape index (κ3) is 3.24. The first kappa shape index (κ1) is 22.7. The molecule has 182 valence electrons. The normalized spacial score (nSPS) is 14.4. The first-order chi connectivity index (χ1) is 17.7. The lowest BCUT2D eigenvalue weighted by Crippen LogP contribution is -2.38. The Morgan fingerprint density at radius 1 is 0.667 bits per heavy atom. The molecular weight excluding hydrogens is 442 g/mol. The molecule has 4 heteroatoms. The molecule has 6 rings (SSSR count). The van der Waals surface area contributed by atoms with Gasteiger partial charge in [-0.05, 0) is 43.9 Å². The number of aryl methyl sites for hydroxylation is 2. The Hall–Kier alpha value is -3.79. The zero-order chi connectivity index (χ0) is 24.7. The van der Waals surface area contributed by atoms with Gasteiger partial charge < -0.3 is 15.3 Å². The largest absolute Gasteiger partial charge is 0.358 e. The number of fused-ring (bicyclic) bond motifs is 3. The fraction of sp³-hybridized carbons (Fsp3) is 0.281. The molecule has 0 atom stereocenters. The molecule has 1 amide bonds. The Bertz CT molecular complexity index is 1490. The van der Waals surface area contributed by atoms with Crippen molar-refractivity contribution in [2.75, 3.05) is 5.32 Å². The second-order valence-corrected chi connectivity index (χ2v) is 10.0. The van der Waals surface area contributed by atoms with E-state index in [2.05, 4.69) is 89.8 Å². The van der Waals surface area contributed by atoms with Gasteiger partial charge >= 0.3 is 0 Å². The minimum absolute atomic E-state index is 0.0358. The van der Waals surface area contributed by atoms with Gasteiger partial charge in [-0.3, -0.25) is 4.79 Å². The maximum Gasteiger partial charge on any atom is 0.244 e. The molecule has 0 aliphatic carbocycles. The Labute approximate surface area is 212 Å². The molecule has 3 aromatic carbocycles. The second-order valence-electron chi connectivity index (χ2n) is 10.0. The molecule has 0 fully saturated rings. The number of amides is 1. The number of carbonyl (C=O) groups is 1. The molecule has 36 heavy (non-hydrogen) atoms. The molecule has 5 aromatic rings. The number of rotatable bonds is 8. The van der Waals surface area contributed by atoms with Crippen LogP contribution in [0.5, 0.6) is 0 Å². The number of hydrogen-bond donors (Lipinski definition) is 3. The summed E-state index contributed by atoms with van der Waals surface area (Å²) < 4.78 is 0. The fourth-order valence-corrected chi connectivity index (χ4v) is 6.21. The number of carbonyl (C=O) groups excluding carboxylic acids is 1. The predicted octanol–water partition coefficient (Wildman–Crippen LogP) is 7.62. The molecule has 3 N–H and O–H groups in total. The fourth-order valence-electron chi connectivity index (χ4n) is 6.21. The van der Waals surface area contributed by atoms with Gasteiger partial charge in [0, 0.05) is 55.6 Å². The molecule has 0 saturated carbocycles. The highest BCUT2D eigenvalue weighted by atomic mass is 16.2. The Kier molecular flexibility index (Phi) is 5.67. The minimum atomic E-state index is -0.943. The molecule has 0 radical (unpaired) electrons. The van der Waals surface area contributed by atoms with Crippen molar-refractivity contribution in [3.8, 4) is 0 Å². The zero-order valence-electron chi connectivity index (χ0n) is 21.1. The van der Waals surface area contributed by atoms with E-state index in [4.69, 9.17) is 0 Å². The van der Waals surface area contributed by atoms with Crippen molar-refractivity contribution in [1.82, 2.24) is 9.97 Å². The summed E-state index contributed by atoms with van der Waals surface area (Å²) in [5.41, 5.74) is 7.72. The number of hydrogen-bond acceptors (Lipinski definition) is 1. The van der Waals surface area contributed by atoms with Crippen LogP contribution in [-0.4, -0.2) is 15.9 Å². The highest BCUT2D eigenvalue weighted by Crippen LogP contribution is 2.53. The van der Waals surface area contributed by atoms with E-state index in [1.54, 1.807) is 0 Å². The van der Waals surface area contributed by atoms with E-state index in [-0.39, 0.29) is 5.91 Å². The van der Waals surface area contributed by atoms with E-state index >= 15 is 0 Å². The molecule has 2 aromatic heterocycles. The Balaban J connectivity index is 1.79. The molecule has 1 aliphatic rings. The number of benzene rings is 3. The van der Waals surface area contributed by atoms with E-state index in [9.17, 15) is 4.79 Å². The lowest BCUT2D eigenvalue weighted by Gasteiger charge is -2.31. The third-order valence-corrected chi connectivity index (χ3v) is 7.80. The minimum Gasteiger partial charge on any atom is -0.358 e. The van der Waals surface area contributed by atoms with Gasteiger partial charge in [0.1, 0.15) is 5.41 Å². The van der Waals surface area contributed by atoms with Crippen molar-refractivity contribution in [3.05, 3.63) is 101 Å². The van der Waals surface area contributed by atoms with Crippen LogP contribution in [0.15, 0.2) is 72.8 Å². The Morgan fingerprint density at radius 3 is 1.72 bits per heavy atom. The highest BCUT2D eigenvalue weighted by Gasteiger charge is 2.54. The highest BCUT2D eigenvalue weighted by molar-refractivity contribution is 6.16. The number of aromatic amines is 2. The number of aromatic nitrogens is 2. The van der Waals surface area contributed by atoms with Crippen LogP contribution in [0.4, 0.5) is 5.69 Å². The molecule has 0 spiro atoms. The summed E-state index contributed by atoms with van der Waals surface area (Å²) in [6.07, 6.45) is 6.14. The predicted molar refractivity (Wildman–Crippen MR) is 149 cm³/mol. The van der Waals surface area contributed by atoms with Gasteiger partial charge in [-0.25, -0.2) is 0 Å². The summed E-state index contributed by atoms with van der Waals surface area (Å²) in [6, 6.07) is 25.2. The number of H-pyrrole nitrogens is 2. The number of para-hydroxylation sites is 3. The van der Waals surface area contributed by atoms with Crippen molar-refractivity contribution >= 4 is 33.4 Å². The van der Waals surface area contributed by atoms with Crippen LogP contribution in [0.3, 0.4) is 0 Å². The van der Waals surface area contributed by atoms with Crippen LogP contribution in [0.25, 0.3) is 21.8 Å². The van der Waals surface area contributed by atoms with Crippen molar-refractivity contribution in [2.45, 2.75) is 57.8 Å². The van der Waals surface area contributed by atoms with Gasteiger partial charge in [0.15, 0.2) is 0 Å². The van der Waals surface area contributed by atoms with Crippen molar-refractivity contribution < 1.29 is 4.79 Å². The van der Waals surface area contributed by atoms with Crippen LogP contribution < -0.4 is 5.32 Å². The quantitative estimate of drug-likeness (QED) is 0.212. The van der Waals surface area contributed by atoms with Crippen LogP contribution in [0.2, 0.25) is 0 Å². The average molecular weight is 476 g/mol. The molecule has 1 aliphatic heterocycles. The van der Waals surface area contributed by atoms with Crippen molar-refractivity contribution in [1.29, 1.82) is 0 Å². The van der Waals surface area contributed by atoms with E-state index < -0.39 is 5.41 Å². The molecule has 4 nitrogen and oxygen atoms in total. The number of nitrogens with one attached hydrogen (secondary N) is 3. The van der Waals surface area contributed by atoms with E-state index in [0.717, 1.165) is 94.1 Å². The monoisotopic (exact) mass is 475 g/mol. The summed E-state index contributed by atoms with van der Waals surface area (Å²) in [5, 5.41) is 5.55. The average Bonchev–Trinajstić information content (AvgIpc) is 3.55. The van der Waals surface area contributed by atoms with E-state index in [1.807, 2.05) is 12.1 Å².